The highest BCUT2D eigenvalue weighted by Gasteiger charge is 2.23. The molecule has 0 aliphatic carbocycles. The molecule has 0 radical (unpaired) electrons. The van der Waals surface area contributed by atoms with Gasteiger partial charge in [0, 0.05) is 42.8 Å². The van der Waals surface area contributed by atoms with Gasteiger partial charge in [0.05, 0.1) is 24.7 Å². The maximum Gasteiger partial charge on any atom is 0.310 e. The number of likely N-dealkylation sites (N-methyl/N-ethyl adjacent to an activating group) is 1. The lowest BCUT2D eigenvalue weighted by Crippen LogP contribution is -2.46. The summed E-state index contributed by atoms with van der Waals surface area (Å²) in [7, 11) is 1.44. The molecule has 1 aliphatic heterocycles. The topological polar surface area (TPSA) is 45.7 Å². The average Bonchev–Trinajstić information content (AvgIpc) is 2.62. The van der Waals surface area contributed by atoms with Crippen molar-refractivity contribution in [1.29, 1.82) is 0 Å². The molecule has 3 rings (SSSR count). The van der Waals surface area contributed by atoms with Gasteiger partial charge in [0.1, 0.15) is 0 Å². The summed E-state index contributed by atoms with van der Waals surface area (Å²) in [5.74, 6) is -0.219. The van der Waals surface area contributed by atoms with E-state index >= 15 is 0 Å². The van der Waals surface area contributed by atoms with E-state index < -0.39 is 0 Å². The number of para-hydroxylation sites is 1. The summed E-state index contributed by atoms with van der Waals surface area (Å²) in [5, 5.41) is 1.12. The third kappa shape index (κ3) is 3.22. The number of esters is 1. The summed E-state index contributed by atoms with van der Waals surface area (Å²) in [6.07, 6.45) is 0.267. The molecule has 24 heavy (non-hydrogen) atoms. The van der Waals surface area contributed by atoms with Gasteiger partial charge in [-0.25, -0.2) is 0 Å². The number of benzene rings is 1. The van der Waals surface area contributed by atoms with Gasteiger partial charge >= 0.3 is 5.97 Å². The molecule has 5 nitrogen and oxygen atoms in total. The molecular weight excluding hydrogens is 302 g/mol. The Balaban J connectivity index is 2.08. The quantitative estimate of drug-likeness (QED) is 0.807. The second-order valence-corrected chi connectivity index (χ2v) is 6.22. The zero-order valence-corrected chi connectivity index (χ0v) is 14.7. The van der Waals surface area contributed by atoms with E-state index in [9.17, 15) is 4.79 Å². The highest BCUT2D eigenvalue weighted by Crippen LogP contribution is 2.33. The van der Waals surface area contributed by atoms with Crippen molar-refractivity contribution in [1.82, 2.24) is 9.88 Å². The van der Waals surface area contributed by atoms with Crippen molar-refractivity contribution in [2.75, 3.05) is 44.7 Å². The Morgan fingerprint density at radius 2 is 1.92 bits per heavy atom. The molecule has 0 spiro atoms. The average molecular weight is 327 g/mol. The molecule has 1 aromatic heterocycles. The van der Waals surface area contributed by atoms with Gasteiger partial charge < -0.3 is 14.5 Å². The second kappa shape index (κ2) is 7.18. The number of hydrogen-bond donors (Lipinski definition) is 0. The molecule has 2 heterocycles. The summed E-state index contributed by atoms with van der Waals surface area (Å²) in [6, 6.07) is 8.18. The van der Waals surface area contributed by atoms with Crippen molar-refractivity contribution < 1.29 is 9.53 Å². The van der Waals surface area contributed by atoms with Crippen LogP contribution in [-0.2, 0) is 16.0 Å². The molecule has 1 aliphatic rings. The minimum Gasteiger partial charge on any atom is -0.469 e. The van der Waals surface area contributed by atoms with Crippen LogP contribution in [0.15, 0.2) is 24.3 Å². The molecule has 0 N–H and O–H groups in total. The van der Waals surface area contributed by atoms with Crippen LogP contribution in [0.2, 0.25) is 0 Å². The highest BCUT2D eigenvalue weighted by molar-refractivity contribution is 5.95. The number of aromatic nitrogens is 1. The minimum absolute atomic E-state index is 0.219. The number of aryl methyl sites for hydroxylation is 1. The molecule has 5 heteroatoms. The highest BCUT2D eigenvalue weighted by atomic mass is 16.5. The van der Waals surface area contributed by atoms with Gasteiger partial charge in [-0.1, -0.05) is 25.1 Å². The van der Waals surface area contributed by atoms with E-state index in [1.54, 1.807) is 0 Å². The number of piperazine rings is 1. The SMILES string of the molecule is CCN1CCN(c2c(CC(=O)OC)c(C)nc3ccccc23)CC1. The molecule has 1 aromatic carbocycles. The first kappa shape index (κ1) is 16.7. The van der Waals surface area contributed by atoms with Crippen molar-refractivity contribution in [3.8, 4) is 0 Å². The third-order valence-corrected chi connectivity index (χ3v) is 4.85. The Labute approximate surface area is 143 Å². The molecule has 0 saturated carbocycles. The van der Waals surface area contributed by atoms with Crippen molar-refractivity contribution >= 4 is 22.6 Å². The Morgan fingerprint density at radius 3 is 2.58 bits per heavy atom. The smallest absolute Gasteiger partial charge is 0.310 e. The van der Waals surface area contributed by atoms with Gasteiger partial charge in [-0.15, -0.1) is 0 Å². The minimum atomic E-state index is -0.219. The number of nitrogens with zero attached hydrogens (tertiary/aromatic N) is 3. The molecule has 0 unspecified atom stereocenters. The Bertz CT molecular complexity index is 737. The van der Waals surface area contributed by atoms with E-state index in [0.717, 1.165) is 60.6 Å². The van der Waals surface area contributed by atoms with E-state index in [2.05, 4.69) is 22.8 Å². The zero-order valence-electron chi connectivity index (χ0n) is 14.7. The van der Waals surface area contributed by atoms with Crippen LogP contribution in [0.4, 0.5) is 5.69 Å². The van der Waals surface area contributed by atoms with Gasteiger partial charge in [0.15, 0.2) is 0 Å². The van der Waals surface area contributed by atoms with Crippen LogP contribution in [0.3, 0.4) is 0 Å². The van der Waals surface area contributed by atoms with E-state index in [0.29, 0.717) is 0 Å². The standard InChI is InChI=1S/C19H25N3O2/c1-4-21-9-11-22(12-10-21)19-15-7-5-6-8-17(15)20-14(2)16(19)13-18(23)24-3/h5-8H,4,9-13H2,1-3H3. The molecule has 2 aromatic rings. The van der Waals surface area contributed by atoms with E-state index in [-0.39, 0.29) is 12.4 Å². The van der Waals surface area contributed by atoms with E-state index in [1.165, 1.54) is 7.11 Å². The van der Waals surface area contributed by atoms with Crippen LogP contribution >= 0.6 is 0 Å². The first-order chi connectivity index (χ1) is 11.6. The monoisotopic (exact) mass is 327 g/mol. The lowest BCUT2D eigenvalue weighted by atomic mass is 10.0. The summed E-state index contributed by atoms with van der Waals surface area (Å²) in [6.45, 7) is 9.29. The first-order valence-electron chi connectivity index (χ1n) is 8.56. The number of ether oxygens (including phenoxy) is 1. The van der Waals surface area contributed by atoms with Crippen LogP contribution in [0.1, 0.15) is 18.2 Å². The summed E-state index contributed by atoms with van der Waals surface area (Å²) >= 11 is 0. The van der Waals surface area contributed by atoms with E-state index in [1.807, 2.05) is 25.1 Å². The van der Waals surface area contributed by atoms with Gasteiger partial charge in [-0.2, -0.15) is 0 Å². The fourth-order valence-electron chi connectivity index (χ4n) is 3.43. The molecular formula is C19H25N3O2. The van der Waals surface area contributed by atoms with Gasteiger partial charge in [-0.05, 0) is 19.5 Å². The fourth-order valence-corrected chi connectivity index (χ4v) is 3.43. The van der Waals surface area contributed by atoms with Crippen molar-refractivity contribution in [3.05, 3.63) is 35.5 Å². The number of rotatable bonds is 4. The lowest BCUT2D eigenvalue weighted by molar-refractivity contribution is -0.139. The second-order valence-electron chi connectivity index (χ2n) is 6.22. The predicted octanol–water partition coefficient (Wildman–Crippen LogP) is 2.40. The maximum atomic E-state index is 11.9. The van der Waals surface area contributed by atoms with Gasteiger partial charge in [0.25, 0.3) is 0 Å². The molecule has 128 valence electrons. The molecule has 0 bridgehead atoms. The Hall–Kier alpha value is -2.14. The normalized spacial score (nSPS) is 15.7. The number of pyridine rings is 1. The van der Waals surface area contributed by atoms with Crippen molar-refractivity contribution in [3.63, 3.8) is 0 Å². The van der Waals surface area contributed by atoms with Crippen LogP contribution in [0.5, 0.6) is 0 Å². The summed E-state index contributed by atoms with van der Waals surface area (Å²) < 4.78 is 4.90. The predicted molar refractivity (Wildman–Crippen MR) is 96.5 cm³/mol. The number of carbonyl (C=O) groups is 1. The van der Waals surface area contributed by atoms with Crippen molar-refractivity contribution in [2.24, 2.45) is 0 Å². The van der Waals surface area contributed by atoms with Gasteiger partial charge in [-0.3, -0.25) is 9.78 Å². The first-order valence-corrected chi connectivity index (χ1v) is 8.56. The third-order valence-electron chi connectivity index (χ3n) is 4.85. The number of methoxy groups -OCH3 is 1. The Morgan fingerprint density at radius 1 is 1.21 bits per heavy atom. The lowest BCUT2D eigenvalue weighted by Gasteiger charge is -2.37. The van der Waals surface area contributed by atoms with Crippen LogP contribution in [0, 0.1) is 6.92 Å². The molecule has 0 amide bonds. The maximum absolute atomic E-state index is 11.9. The van der Waals surface area contributed by atoms with E-state index in [4.69, 9.17) is 9.72 Å². The van der Waals surface area contributed by atoms with Crippen LogP contribution in [-0.4, -0.2) is 55.7 Å². The zero-order chi connectivity index (χ0) is 17.1. The van der Waals surface area contributed by atoms with Crippen molar-refractivity contribution in [2.45, 2.75) is 20.3 Å². The Kier molecular flexibility index (Phi) is 5.00. The number of carbonyl (C=O) groups excluding carboxylic acids is 1. The summed E-state index contributed by atoms with van der Waals surface area (Å²) in [5.41, 5.74) is 4.04. The van der Waals surface area contributed by atoms with Crippen LogP contribution < -0.4 is 4.90 Å². The summed E-state index contributed by atoms with van der Waals surface area (Å²) in [4.78, 5) is 21.5. The molecule has 0 atom stereocenters. The molecule has 1 saturated heterocycles. The largest absolute Gasteiger partial charge is 0.469 e. The van der Waals surface area contributed by atoms with Crippen LogP contribution in [0.25, 0.3) is 10.9 Å². The number of fused-ring (bicyclic) bond motifs is 1. The fraction of sp³-hybridized carbons (Fsp3) is 0.474. The number of hydrogen-bond acceptors (Lipinski definition) is 5. The number of anilines is 1. The molecule has 1 fully saturated rings. The van der Waals surface area contributed by atoms with Gasteiger partial charge in [0.2, 0.25) is 0 Å².